The van der Waals surface area contributed by atoms with Crippen molar-refractivity contribution >= 4 is 5.91 Å². The van der Waals surface area contributed by atoms with Gasteiger partial charge in [-0.3, -0.25) is 4.79 Å². The molecule has 0 bridgehead atoms. The summed E-state index contributed by atoms with van der Waals surface area (Å²) in [6.07, 6.45) is 8.88. The molecule has 0 saturated carbocycles. The first kappa shape index (κ1) is 17.5. The summed E-state index contributed by atoms with van der Waals surface area (Å²) in [4.78, 5) is 23.1. The number of carbonyl (C=O) groups excluding carboxylic acids is 1. The summed E-state index contributed by atoms with van der Waals surface area (Å²) in [6.45, 7) is 2.90. The van der Waals surface area contributed by atoms with Crippen molar-refractivity contribution in [2.75, 3.05) is 6.54 Å². The van der Waals surface area contributed by atoms with E-state index in [4.69, 9.17) is 4.42 Å². The maximum Gasteiger partial charge on any atom is 0.243 e. The summed E-state index contributed by atoms with van der Waals surface area (Å²) in [5.74, 6) is 0.931. The monoisotopic (exact) mass is 368 g/mol. The molecule has 0 aliphatic carbocycles. The summed E-state index contributed by atoms with van der Waals surface area (Å²) >= 11 is 0. The van der Waals surface area contributed by atoms with E-state index < -0.39 is 5.54 Å². The number of carbonyl (C=O) groups is 1. The highest BCUT2D eigenvalue weighted by Crippen LogP contribution is 2.38. The van der Waals surface area contributed by atoms with Gasteiger partial charge in [0.1, 0.15) is 23.7 Å². The Balaban J connectivity index is 1.52. The average molecular weight is 368 g/mol. The second kappa shape index (κ2) is 6.98. The molecule has 1 aliphatic heterocycles. The number of amides is 1. The van der Waals surface area contributed by atoms with Crippen molar-refractivity contribution in [2.24, 2.45) is 0 Å². The van der Waals surface area contributed by atoms with Gasteiger partial charge in [0.25, 0.3) is 0 Å². The molecule has 3 heterocycles. The average Bonchev–Trinajstić information content (AvgIpc) is 3.36. The van der Waals surface area contributed by atoms with Gasteiger partial charge in [-0.15, -0.1) is 0 Å². The number of rotatable bonds is 5. The summed E-state index contributed by atoms with van der Waals surface area (Å²) in [7, 11) is 0. The van der Waals surface area contributed by atoms with Crippen LogP contribution in [-0.4, -0.2) is 31.9 Å². The van der Waals surface area contributed by atoms with E-state index in [2.05, 4.69) is 9.97 Å². The molecule has 0 N–H and O–H groups in total. The molecule has 27 heavy (non-hydrogen) atoms. The van der Waals surface area contributed by atoms with Gasteiger partial charge in [0.15, 0.2) is 0 Å². The Labute approximate surface area is 156 Å². The Kier molecular flexibility index (Phi) is 4.51. The fourth-order valence-corrected chi connectivity index (χ4v) is 3.69. The van der Waals surface area contributed by atoms with Crippen molar-refractivity contribution in [1.82, 2.24) is 19.4 Å². The molecule has 3 aromatic rings. The van der Waals surface area contributed by atoms with Gasteiger partial charge in [0, 0.05) is 25.4 Å². The minimum atomic E-state index is -0.572. The van der Waals surface area contributed by atoms with Crippen molar-refractivity contribution in [3.8, 4) is 0 Å². The van der Waals surface area contributed by atoms with Crippen LogP contribution in [0.2, 0.25) is 0 Å². The van der Waals surface area contributed by atoms with Crippen molar-refractivity contribution in [2.45, 2.75) is 38.3 Å². The first-order valence-corrected chi connectivity index (χ1v) is 9.00. The number of hydrogen-bond donors (Lipinski definition) is 0. The maximum atomic E-state index is 13.4. The third-order valence-corrected chi connectivity index (χ3v) is 5.10. The van der Waals surface area contributed by atoms with Gasteiger partial charge in [0.2, 0.25) is 11.8 Å². The predicted octanol–water partition coefficient (Wildman–Crippen LogP) is 3.14. The van der Waals surface area contributed by atoms with Crippen LogP contribution in [0, 0.1) is 5.82 Å². The summed E-state index contributed by atoms with van der Waals surface area (Å²) in [6, 6.07) is 6.43. The zero-order chi connectivity index (χ0) is 18.9. The molecule has 0 spiro atoms. The van der Waals surface area contributed by atoms with E-state index in [1.54, 1.807) is 35.6 Å². The van der Waals surface area contributed by atoms with Crippen molar-refractivity contribution in [3.63, 3.8) is 0 Å². The van der Waals surface area contributed by atoms with Crippen LogP contribution in [0.1, 0.15) is 37.0 Å². The first-order valence-electron chi connectivity index (χ1n) is 9.00. The molecule has 1 aliphatic rings. The lowest BCUT2D eigenvalue weighted by Gasteiger charge is -2.32. The van der Waals surface area contributed by atoms with Crippen LogP contribution < -0.4 is 0 Å². The SMILES string of the molecule is C[C@@]1(c2ncc(Cc3cccc(F)c3)o2)CCCN1C(=O)Cn1ccnc1. The lowest BCUT2D eigenvalue weighted by molar-refractivity contribution is -0.136. The summed E-state index contributed by atoms with van der Waals surface area (Å²) in [5, 5.41) is 0. The van der Waals surface area contributed by atoms with E-state index in [0.717, 1.165) is 18.4 Å². The summed E-state index contributed by atoms with van der Waals surface area (Å²) in [5.41, 5.74) is 0.250. The standard InChI is InChI=1S/C20H21FN4O2/c1-20(6-3-8-25(20)18(26)13-24-9-7-22-14-24)19-23-12-17(27-19)11-15-4-2-5-16(21)10-15/h2,4-5,7,9-10,12,14H,3,6,8,11,13H2,1H3/t20-/m0/s1. The van der Waals surface area contributed by atoms with Gasteiger partial charge in [-0.05, 0) is 37.5 Å². The molecule has 1 atom stereocenters. The van der Waals surface area contributed by atoms with Gasteiger partial charge in [0.05, 0.1) is 12.5 Å². The zero-order valence-electron chi connectivity index (χ0n) is 15.1. The van der Waals surface area contributed by atoms with Crippen LogP contribution in [0.3, 0.4) is 0 Å². The minimum absolute atomic E-state index is 0.0119. The smallest absolute Gasteiger partial charge is 0.243 e. The number of oxazole rings is 1. The third-order valence-electron chi connectivity index (χ3n) is 5.10. The molecule has 140 valence electrons. The Hall–Kier alpha value is -2.96. The topological polar surface area (TPSA) is 64.2 Å². The van der Waals surface area contributed by atoms with Crippen molar-refractivity contribution < 1.29 is 13.6 Å². The minimum Gasteiger partial charge on any atom is -0.443 e. The highest BCUT2D eigenvalue weighted by atomic mass is 19.1. The van der Waals surface area contributed by atoms with Crippen LogP contribution in [-0.2, 0) is 23.3 Å². The number of benzene rings is 1. The fourth-order valence-electron chi connectivity index (χ4n) is 3.69. The molecule has 0 unspecified atom stereocenters. The molecule has 7 heteroatoms. The zero-order valence-corrected chi connectivity index (χ0v) is 15.1. The second-order valence-electron chi connectivity index (χ2n) is 7.10. The van der Waals surface area contributed by atoms with Gasteiger partial charge >= 0.3 is 0 Å². The van der Waals surface area contributed by atoms with Gasteiger partial charge in [-0.1, -0.05) is 12.1 Å². The molecular formula is C20H21FN4O2. The van der Waals surface area contributed by atoms with Gasteiger partial charge < -0.3 is 13.9 Å². The van der Waals surface area contributed by atoms with E-state index in [1.165, 1.54) is 12.1 Å². The van der Waals surface area contributed by atoms with E-state index in [1.807, 2.05) is 17.9 Å². The van der Waals surface area contributed by atoms with Gasteiger partial charge in [-0.25, -0.2) is 14.4 Å². The van der Waals surface area contributed by atoms with Crippen LogP contribution in [0.4, 0.5) is 4.39 Å². The highest BCUT2D eigenvalue weighted by molar-refractivity contribution is 5.77. The maximum absolute atomic E-state index is 13.4. The van der Waals surface area contributed by atoms with Crippen molar-refractivity contribution in [1.29, 1.82) is 0 Å². The highest BCUT2D eigenvalue weighted by Gasteiger charge is 2.44. The second-order valence-corrected chi connectivity index (χ2v) is 7.10. The van der Waals surface area contributed by atoms with E-state index in [0.29, 0.717) is 24.6 Å². The van der Waals surface area contributed by atoms with Crippen LogP contribution in [0.25, 0.3) is 0 Å². The molecule has 1 aromatic carbocycles. The van der Waals surface area contributed by atoms with Crippen LogP contribution in [0.15, 0.2) is 53.6 Å². The Morgan fingerprint density at radius 3 is 3.07 bits per heavy atom. The van der Waals surface area contributed by atoms with E-state index >= 15 is 0 Å². The Bertz CT molecular complexity index is 937. The Morgan fingerprint density at radius 2 is 2.30 bits per heavy atom. The normalized spacial score (nSPS) is 19.6. The Morgan fingerprint density at radius 1 is 1.41 bits per heavy atom. The lowest BCUT2D eigenvalue weighted by atomic mass is 9.99. The van der Waals surface area contributed by atoms with E-state index in [-0.39, 0.29) is 18.3 Å². The number of halogens is 1. The van der Waals surface area contributed by atoms with Crippen molar-refractivity contribution in [3.05, 3.63) is 72.2 Å². The predicted molar refractivity (Wildman–Crippen MR) is 96.2 cm³/mol. The van der Waals surface area contributed by atoms with E-state index in [9.17, 15) is 9.18 Å². The van der Waals surface area contributed by atoms with Gasteiger partial charge in [-0.2, -0.15) is 0 Å². The molecular weight excluding hydrogens is 347 g/mol. The molecule has 1 fully saturated rings. The number of hydrogen-bond acceptors (Lipinski definition) is 4. The molecule has 4 rings (SSSR count). The molecule has 1 saturated heterocycles. The molecule has 1 amide bonds. The number of nitrogens with zero attached hydrogens (tertiary/aromatic N) is 4. The van der Waals surface area contributed by atoms with Crippen LogP contribution >= 0.6 is 0 Å². The number of likely N-dealkylation sites (tertiary alicyclic amines) is 1. The number of imidazole rings is 1. The third kappa shape index (κ3) is 3.49. The largest absolute Gasteiger partial charge is 0.443 e. The van der Waals surface area contributed by atoms with Crippen LogP contribution in [0.5, 0.6) is 0 Å². The first-order chi connectivity index (χ1) is 13.0. The fraction of sp³-hybridized carbons (Fsp3) is 0.350. The quantitative estimate of drug-likeness (QED) is 0.694. The lowest BCUT2D eigenvalue weighted by Crippen LogP contribution is -2.44. The number of aromatic nitrogens is 3. The molecule has 2 aromatic heterocycles. The molecule has 0 radical (unpaired) electrons. The summed E-state index contributed by atoms with van der Waals surface area (Å²) < 4.78 is 21.1. The molecule has 6 nitrogen and oxygen atoms in total.